The molecule has 46 heavy (non-hydrogen) atoms. The molecule has 2 aliphatic heterocycles. The molecule has 0 aromatic heterocycles. The van der Waals surface area contributed by atoms with Gasteiger partial charge in [0.15, 0.2) is 6.10 Å². The third-order valence-corrected chi connectivity index (χ3v) is 13.4. The maximum absolute atomic E-state index is 14.0. The van der Waals surface area contributed by atoms with E-state index in [2.05, 4.69) is 9.62 Å². The number of anilines is 1. The summed E-state index contributed by atoms with van der Waals surface area (Å²) in [4.78, 5) is 15.5. The van der Waals surface area contributed by atoms with Crippen LogP contribution in [0.5, 0.6) is 5.75 Å². The van der Waals surface area contributed by atoms with E-state index in [1.54, 1.807) is 25.1 Å². The van der Waals surface area contributed by atoms with E-state index in [9.17, 15) is 31.5 Å². The van der Waals surface area contributed by atoms with Crippen molar-refractivity contribution in [1.82, 2.24) is 4.72 Å². The Balaban J connectivity index is 1.43. The number of hydrogen-bond donors (Lipinski definition) is 2. The summed E-state index contributed by atoms with van der Waals surface area (Å²) in [6.07, 6.45) is -2.47. The fraction of sp³-hybridized carbons (Fsp3) is 0.618. The van der Waals surface area contributed by atoms with E-state index in [0.717, 1.165) is 36.8 Å². The highest BCUT2D eigenvalue weighted by Gasteiger charge is 2.51. The molecule has 1 amide bonds. The Kier molecular flexibility index (Phi) is 9.08. The molecule has 2 N–H and O–H groups in total. The highest BCUT2D eigenvalue weighted by molar-refractivity contribution is 7.90. The smallest absolute Gasteiger partial charge is 0.414 e. The van der Waals surface area contributed by atoms with Crippen molar-refractivity contribution >= 4 is 33.2 Å². The van der Waals surface area contributed by atoms with Gasteiger partial charge in [-0.1, -0.05) is 31.0 Å². The van der Waals surface area contributed by atoms with Crippen LogP contribution in [-0.4, -0.2) is 56.7 Å². The van der Waals surface area contributed by atoms with E-state index < -0.39 is 50.7 Å². The lowest BCUT2D eigenvalue weighted by Crippen LogP contribution is -2.51. The molecule has 4 aliphatic rings. The van der Waals surface area contributed by atoms with Gasteiger partial charge in [-0.2, -0.15) is 13.2 Å². The van der Waals surface area contributed by atoms with Crippen LogP contribution in [0.25, 0.3) is 0 Å². The van der Waals surface area contributed by atoms with Crippen molar-refractivity contribution < 1.29 is 36.2 Å². The minimum Gasteiger partial charge on any atom is -0.490 e. The number of fused-ring (bicyclic) bond motifs is 4. The first-order valence-electron chi connectivity index (χ1n) is 16.3. The molecule has 2 aromatic rings. The number of rotatable bonds is 1. The minimum absolute atomic E-state index is 0.111. The third kappa shape index (κ3) is 6.35. The maximum atomic E-state index is 14.0. The zero-order valence-corrected chi connectivity index (χ0v) is 27.7. The van der Waals surface area contributed by atoms with Crippen molar-refractivity contribution in [3.8, 4) is 5.75 Å². The van der Waals surface area contributed by atoms with Crippen molar-refractivity contribution in [3.63, 3.8) is 0 Å². The quantitative estimate of drug-likeness (QED) is 0.350. The summed E-state index contributed by atoms with van der Waals surface area (Å²) in [5.41, 5.74) is 2.61. The fourth-order valence-corrected chi connectivity index (χ4v) is 9.77. The molecule has 2 bridgehead atoms. The number of benzene rings is 2. The first-order chi connectivity index (χ1) is 21.7. The summed E-state index contributed by atoms with van der Waals surface area (Å²) in [7, 11) is -4.08. The minimum atomic E-state index is -4.76. The largest absolute Gasteiger partial charge is 0.490 e. The van der Waals surface area contributed by atoms with Gasteiger partial charge in [0.25, 0.3) is 5.91 Å². The molecule has 2 aromatic carbocycles. The second-order valence-electron chi connectivity index (χ2n) is 14.0. The second-order valence-corrected chi connectivity index (χ2v) is 16.5. The van der Waals surface area contributed by atoms with Crippen molar-refractivity contribution in [1.29, 1.82) is 0 Å². The molecule has 1 spiro atoms. The molecular formula is C34H42ClF3N2O5S. The Morgan fingerprint density at radius 1 is 1.09 bits per heavy atom. The van der Waals surface area contributed by atoms with Gasteiger partial charge in [-0.05, 0) is 117 Å². The average Bonchev–Trinajstić information content (AvgIpc) is 3.13. The maximum Gasteiger partial charge on any atom is 0.414 e. The lowest BCUT2D eigenvalue weighted by atomic mass is 9.63. The van der Waals surface area contributed by atoms with Gasteiger partial charge < -0.3 is 14.7 Å². The molecule has 1 saturated carbocycles. The van der Waals surface area contributed by atoms with Crippen molar-refractivity contribution in [2.75, 3.05) is 24.6 Å². The van der Waals surface area contributed by atoms with E-state index in [1.807, 2.05) is 18.2 Å². The van der Waals surface area contributed by atoms with Gasteiger partial charge in [0.05, 0.1) is 17.5 Å². The lowest BCUT2D eigenvalue weighted by molar-refractivity contribution is -0.231. The van der Waals surface area contributed by atoms with Gasteiger partial charge in [-0.3, -0.25) is 4.79 Å². The number of aliphatic hydroxyl groups is 1. The van der Waals surface area contributed by atoms with E-state index in [1.165, 1.54) is 6.92 Å². The van der Waals surface area contributed by atoms with E-state index in [-0.39, 0.29) is 23.8 Å². The van der Waals surface area contributed by atoms with Crippen molar-refractivity contribution in [2.45, 2.75) is 88.2 Å². The van der Waals surface area contributed by atoms with Crippen LogP contribution in [0.2, 0.25) is 5.02 Å². The Morgan fingerprint density at radius 2 is 1.87 bits per heavy atom. The van der Waals surface area contributed by atoms with Crippen LogP contribution in [0.4, 0.5) is 18.9 Å². The van der Waals surface area contributed by atoms with Crippen LogP contribution < -0.4 is 14.4 Å². The number of nitrogens with zero attached hydrogens (tertiary/aromatic N) is 1. The molecule has 7 atom stereocenters. The van der Waals surface area contributed by atoms with Crippen LogP contribution >= 0.6 is 11.6 Å². The fourth-order valence-electron chi connectivity index (χ4n) is 8.27. The highest BCUT2D eigenvalue weighted by Crippen LogP contribution is 2.49. The summed E-state index contributed by atoms with van der Waals surface area (Å²) in [6, 6.07) is 10.8. The van der Waals surface area contributed by atoms with Crippen LogP contribution in [-0.2, 0) is 21.9 Å². The predicted octanol–water partition coefficient (Wildman–Crippen LogP) is 6.65. The van der Waals surface area contributed by atoms with Gasteiger partial charge >= 0.3 is 6.18 Å². The van der Waals surface area contributed by atoms with Gasteiger partial charge in [-0.25, -0.2) is 13.1 Å². The number of amides is 1. The summed E-state index contributed by atoms with van der Waals surface area (Å²) in [5.74, 6) is -2.08. The first-order valence-corrected chi connectivity index (χ1v) is 18.2. The standard InChI is InChI=1S/C34H42ClF3N2O5S/c1-20-5-3-7-27(31(41)34(36,37)38)26-11-8-24(26)17-40-18-33(14-4-6-22-15-25(35)10-12-28(22)33)19-45-30-13-9-23(16-29(30)40)32(42)39-46(43,44)21(20)2/h9-10,12-13,15-16,20-21,24,26-27,31,41H,3-8,11,14,17-19H2,1-2H3,(H,39,42)/t20-,21+,24-,26+,27-,31+,33-/m0/s1. The number of aliphatic hydroxyl groups excluding tert-OH is 1. The third-order valence-electron chi connectivity index (χ3n) is 11.2. The monoisotopic (exact) mass is 682 g/mol. The molecule has 1 fully saturated rings. The lowest BCUT2D eigenvalue weighted by Gasteiger charge is -2.48. The number of alkyl halides is 3. The average molecular weight is 683 g/mol. The SMILES string of the molecule is C[C@@H]1[C@@H](C)CCC[C@H]([C@@H](O)C(F)(F)F)[C@@H]2CC[C@H]2CN2C[C@@]3(CCCc4cc(Cl)ccc43)COc3ccc(cc32)C(=O)NS1(=O)=O. The van der Waals surface area contributed by atoms with Gasteiger partial charge in [0.2, 0.25) is 10.0 Å². The van der Waals surface area contributed by atoms with Crippen molar-refractivity contribution in [3.05, 3.63) is 58.1 Å². The molecule has 12 heteroatoms. The molecule has 0 unspecified atom stereocenters. The van der Waals surface area contributed by atoms with E-state index in [0.29, 0.717) is 55.4 Å². The number of hydrogen-bond acceptors (Lipinski definition) is 6. The zero-order valence-electron chi connectivity index (χ0n) is 26.2. The van der Waals surface area contributed by atoms with Crippen LogP contribution in [0.15, 0.2) is 36.4 Å². The molecule has 0 saturated heterocycles. The summed E-state index contributed by atoms with van der Waals surface area (Å²) >= 11 is 6.36. The Morgan fingerprint density at radius 3 is 2.59 bits per heavy atom. The summed E-state index contributed by atoms with van der Waals surface area (Å²) < 4.78 is 77.3. The number of carbonyl (C=O) groups excluding carboxylic acids is 1. The molecule has 2 heterocycles. The number of nitrogens with one attached hydrogen (secondary N) is 1. The zero-order chi connectivity index (χ0) is 33.0. The predicted molar refractivity (Wildman–Crippen MR) is 171 cm³/mol. The van der Waals surface area contributed by atoms with Crippen LogP contribution in [0.3, 0.4) is 0 Å². The topological polar surface area (TPSA) is 95.9 Å². The van der Waals surface area contributed by atoms with Crippen LogP contribution in [0, 0.1) is 23.7 Å². The second kappa shape index (κ2) is 12.5. The highest BCUT2D eigenvalue weighted by atomic mass is 35.5. The number of sulfonamides is 1. The Hall–Kier alpha value is -2.50. The number of carbonyl (C=O) groups is 1. The number of halogens is 4. The van der Waals surface area contributed by atoms with Gasteiger partial charge in [0, 0.05) is 29.1 Å². The Labute approximate surface area is 273 Å². The molecule has 2 aliphatic carbocycles. The summed E-state index contributed by atoms with van der Waals surface area (Å²) in [6.45, 7) is 4.52. The number of ether oxygens (including phenoxy) is 1. The summed E-state index contributed by atoms with van der Waals surface area (Å²) in [5, 5.41) is 10.3. The van der Waals surface area contributed by atoms with Crippen LogP contribution in [0.1, 0.15) is 80.3 Å². The molecule has 6 rings (SSSR count). The first kappa shape index (κ1) is 33.4. The van der Waals surface area contributed by atoms with E-state index in [4.69, 9.17) is 16.3 Å². The van der Waals surface area contributed by atoms with Crippen molar-refractivity contribution in [2.24, 2.45) is 23.7 Å². The Bertz CT molecular complexity index is 1590. The molecule has 252 valence electrons. The molecular weight excluding hydrogens is 641 g/mol. The molecule has 0 radical (unpaired) electrons. The van der Waals surface area contributed by atoms with E-state index >= 15 is 0 Å². The molecule has 7 nitrogen and oxygen atoms in total. The van der Waals surface area contributed by atoms with Gasteiger partial charge in [0.1, 0.15) is 5.75 Å². The number of aryl methyl sites for hydroxylation is 1. The van der Waals surface area contributed by atoms with Gasteiger partial charge in [-0.15, -0.1) is 0 Å². The normalized spacial score (nSPS) is 32.2.